The van der Waals surface area contributed by atoms with Gasteiger partial charge in [-0.1, -0.05) is 42.5 Å². The Morgan fingerprint density at radius 3 is 1.93 bits per heavy atom. The molecule has 0 bridgehead atoms. The fourth-order valence-electron chi connectivity index (χ4n) is 2.66. The highest BCUT2D eigenvalue weighted by Crippen LogP contribution is 2.29. The van der Waals surface area contributed by atoms with E-state index in [0.717, 1.165) is 35.4 Å². The summed E-state index contributed by atoms with van der Waals surface area (Å²) in [6.07, 6.45) is -4.47. The summed E-state index contributed by atoms with van der Waals surface area (Å²) in [6.45, 7) is -0.305. The van der Waals surface area contributed by atoms with Gasteiger partial charge in [0, 0.05) is 11.3 Å². The average Bonchev–Trinajstić information content (AvgIpc) is 2.73. The lowest BCUT2D eigenvalue weighted by molar-refractivity contribution is -0.137. The molecule has 29 heavy (non-hydrogen) atoms. The largest absolute Gasteiger partial charge is 0.416 e. The second-order valence-corrected chi connectivity index (χ2v) is 6.25. The first-order valence-corrected chi connectivity index (χ1v) is 8.74. The zero-order valence-electron chi connectivity index (χ0n) is 15.2. The number of nitrogens with one attached hydrogen (secondary N) is 2. The van der Waals surface area contributed by atoms with Crippen LogP contribution >= 0.6 is 0 Å². The Bertz CT molecular complexity index is 983. The molecule has 0 aromatic heterocycles. The highest BCUT2D eigenvalue weighted by atomic mass is 19.4. The minimum Gasteiger partial charge on any atom is -0.343 e. The van der Waals surface area contributed by atoms with Crippen molar-refractivity contribution in [3.05, 3.63) is 90.0 Å². The van der Waals surface area contributed by atoms with Crippen LogP contribution in [-0.2, 0) is 11.0 Å². The van der Waals surface area contributed by atoms with Crippen molar-refractivity contribution in [3.8, 4) is 11.1 Å². The maximum absolute atomic E-state index is 12.5. The summed E-state index contributed by atoms with van der Waals surface area (Å²) in [5.41, 5.74) is 1.82. The van der Waals surface area contributed by atoms with Gasteiger partial charge in [0.2, 0.25) is 5.91 Å². The Balaban J connectivity index is 1.52. The van der Waals surface area contributed by atoms with Crippen molar-refractivity contribution in [1.82, 2.24) is 5.32 Å². The molecule has 0 aliphatic heterocycles. The number of carbonyl (C=O) groups excluding carboxylic acids is 2. The zero-order valence-corrected chi connectivity index (χ0v) is 15.2. The number of halogens is 3. The molecule has 0 spiro atoms. The second kappa shape index (κ2) is 8.60. The molecular weight excluding hydrogens is 381 g/mol. The van der Waals surface area contributed by atoms with E-state index in [1.807, 2.05) is 42.5 Å². The Morgan fingerprint density at radius 1 is 0.759 bits per heavy atom. The first kappa shape index (κ1) is 20.1. The van der Waals surface area contributed by atoms with Crippen LogP contribution in [0.1, 0.15) is 15.9 Å². The topological polar surface area (TPSA) is 58.2 Å². The minimum absolute atomic E-state index is 0.0398. The van der Waals surface area contributed by atoms with E-state index in [1.54, 1.807) is 12.1 Å². The van der Waals surface area contributed by atoms with E-state index in [0.29, 0.717) is 5.69 Å². The van der Waals surface area contributed by atoms with Gasteiger partial charge in [-0.2, -0.15) is 13.2 Å². The number of anilines is 1. The summed E-state index contributed by atoms with van der Waals surface area (Å²) in [5, 5.41) is 5.04. The van der Waals surface area contributed by atoms with E-state index in [1.165, 1.54) is 0 Å². The summed E-state index contributed by atoms with van der Waals surface area (Å²) in [5.74, 6) is -1.08. The molecule has 0 aliphatic carbocycles. The summed E-state index contributed by atoms with van der Waals surface area (Å²) < 4.78 is 37.6. The fourth-order valence-corrected chi connectivity index (χ4v) is 2.66. The van der Waals surface area contributed by atoms with Gasteiger partial charge < -0.3 is 10.6 Å². The monoisotopic (exact) mass is 398 g/mol. The summed E-state index contributed by atoms with van der Waals surface area (Å²) in [6, 6.07) is 20.8. The molecule has 0 aliphatic rings. The molecule has 2 N–H and O–H groups in total. The second-order valence-electron chi connectivity index (χ2n) is 6.25. The molecule has 148 valence electrons. The minimum atomic E-state index is -4.47. The predicted octanol–water partition coefficient (Wildman–Crippen LogP) is 4.74. The van der Waals surface area contributed by atoms with Gasteiger partial charge in [-0.3, -0.25) is 9.59 Å². The summed E-state index contributed by atoms with van der Waals surface area (Å²) >= 11 is 0. The number of hydrogen-bond donors (Lipinski definition) is 2. The Morgan fingerprint density at radius 2 is 1.34 bits per heavy atom. The van der Waals surface area contributed by atoms with Crippen molar-refractivity contribution >= 4 is 17.5 Å². The van der Waals surface area contributed by atoms with Crippen LogP contribution in [0.5, 0.6) is 0 Å². The molecule has 0 unspecified atom stereocenters. The molecule has 0 saturated carbocycles. The third kappa shape index (κ3) is 5.44. The van der Waals surface area contributed by atoms with E-state index in [2.05, 4.69) is 10.6 Å². The van der Waals surface area contributed by atoms with E-state index < -0.39 is 23.6 Å². The van der Waals surface area contributed by atoms with Gasteiger partial charge in [0.05, 0.1) is 12.1 Å². The molecule has 3 aromatic carbocycles. The molecule has 3 aromatic rings. The van der Waals surface area contributed by atoms with Crippen LogP contribution < -0.4 is 10.6 Å². The molecule has 7 heteroatoms. The Hall–Kier alpha value is -3.61. The smallest absolute Gasteiger partial charge is 0.343 e. The average molecular weight is 398 g/mol. The van der Waals surface area contributed by atoms with Gasteiger partial charge in [-0.15, -0.1) is 0 Å². The number of benzene rings is 3. The van der Waals surface area contributed by atoms with Gasteiger partial charge in [-0.25, -0.2) is 0 Å². The first-order chi connectivity index (χ1) is 13.8. The quantitative estimate of drug-likeness (QED) is 0.652. The van der Waals surface area contributed by atoms with Gasteiger partial charge >= 0.3 is 6.18 Å². The number of alkyl halides is 3. The van der Waals surface area contributed by atoms with Crippen LogP contribution in [0.2, 0.25) is 0 Å². The normalized spacial score (nSPS) is 11.0. The molecule has 4 nitrogen and oxygen atoms in total. The maximum atomic E-state index is 12.5. The van der Waals surface area contributed by atoms with Gasteiger partial charge in [0.1, 0.15) is 0 Å². The maximum Gasteiger partial charge on any atom is 0.416 e. The molecule has 2 amide bonds. The fraction of sp³-hybridized carbons (Fsp3) is 0.0909. The van der Waals surface area contributed by atoms with Crippen LogP contribution in [0.3, 0.4) is 0 Å². The number of hydrogen-bond acceptors (Lipinski definition) is 2. The van der Waals surface area contributed by atoms with E-state index in [4.69, 9.17) is 0 Å². The third-order valence-corrected chi connectivity index (χ3v) is 4.16. The lowest BCUT2D eigenvalue weighted by Crippen LogP contribution is -2.32. The molecule has 3 rings (SSSR count). The zero-order chi connectivity index (χ0) is 20.9. The number of rotatable bonds is 5. The molecule has 0 heterocycles. The highest BCUT2D eigenvalue weighted by molar-refractivity contribution is 5.99. The predicted molar refractivity (Wildman–Crippen MR) is 104 cm³/mol. The number of carbonyl (C=O) groups is 2. The lowest BCUT2D eigenvalue weighted by atomic mass is 10.1. The van der Waals surface area contributed by atoms with Crippen LogP contribution in [0.25, 0.3) is 11.1 Å². The van der Waals surface area contributed by atoms with Crippen LogP contribution in [0.4, 0.5) is 18.9 Å². The van der Waals surface area contributed by atoms with Crippen molar-refractivity contribution in [2.75, 3.05) is 11.9 Å². The van der Waals surface area contributed by atoms with Crippen molar-refractivity contribution in [2.45, 2.75) is 6.18 Å². The summed E-state index contributed by atoms with van der Waals surface area (Å²) in [7, 11) is 0. The first-order valence-electron chi connectivity index (χ1n) is 8.74. The summed E-state index contributed by atoms with van der Waals surface area (Å²) in [4.78, 5) is 24.0. The molecule has 0 fully saturated rings. The van der Waals surface area contributed by atoms with Crippen LogP contribution in [0.15, 0.2) is 78.9 Å². The van der Waals surface area contributed by atoms with E-state index >= 15 is 0 Å². The highest BCUT2D eigenvalue weighted by Gasteiger charge is 2.30. The van der Waals surface area contributed by atoms with E-state index in [9.17, 15) is 22.8 Å². The Kier molecular flexibility index (Phi) is 5.97. The molecule has 0 atom stereocenters. The van der Waals surface area contributed by atoms with Crippen molar-refractivity contribution in [2.24, 2.45) is 0 Å². The lowest BCUT2D eigenvalue weighted by Gasteiger charge is -2.09. The van der Waals surface area contributed by atoms with Gasteiger partial charge in [0.15, 0.2) is 0 Å². The Labute approximate surface area is 165 Å². The van der Waals surface area contributed by atoms with Crippen LogP contribution in [0, 0.1) is 0 Å². The third-order valence-electron chi connectivity index (χ3n) is 4.16. The molecule has 0 saturated heterocycles. The number of amides is 2. The van der Waals surface area contributed by atoms with Crippen LogP contribution in [-0.4, -0.2) is 18.4 Å². The molecule has 0 radical (unpaired) electrons. The van der Waals surface area contributed by atoms with Crippen molar-refractivity contribution in [1.29, 1.82) is 0 Å². The van der Waals surface area contributed by atoms with E-state index in [-0.39, 0.29) is 12.1 Å². The van der Waals surface area contributed by atoms with Gasteiger partial charge in [0.25, 0.3) is 5.91 Å². The van der Waals surface area contributed by atoms with Crippen molar-refractivity contribution in [3.63, 3.8) is 0 Å². The van der Waals surface area contributed by atoms with Gasteiger partial charge in [-0.05, 0) is 47.5 Å². The SMILES string of the molecule is O=C(CNC(=O)c1ccc(C(F)(F)F)cc1)Nc1ccc(-c2ccccc2)cc1. The molecular formula is C22H17F3N2O2. The van der Waals surface area contributed by atoms with Crippen molar-refractivity contribution < 1.29 is 22.8 Å². The standard InChI is InChI=1S/C22H17F3N2O2/c23-22(24,25)18-10-6-17(7-11-18)21(29)26-14-20(28)27-19-12-8-16(9-13-19)15-4-2-1-3-5-15/h1-13H,14H2,(H,26,29)(H,27,28).